The number of carboxylic acids is 1. The van der Waals surface area contributed by atoms with Crippen molar-refractivity contribution in [1.82, 2.24) is 0 Å². The Morgan fingerprint density at radius 3 is 2.60 bits per heavy atom. The molecule has 30 heavy (non-hydrogen) atoms. The predicted molar refractivity (Wildman–Crippen MR) is 110 cm³/mol. The highest BCUT2D eigenvalue weighted by Crippen LogP contribution is 2.33. The Morgan fingerprint density at radius 2 is 2.00 bits per heavy atom. The molecule has 3 N–H and O–H groups in total. The van der Waals surface area contributed by atoms with Crippen molar-refractivity contribution in [3.8, 4) is 5.75 Å². The summed E-state index contributed by atoms with van der Waals surface area (Å²) in [5.41, 5.74) is 2.58. The second-order valence-corrected chi connectivity index (χ2v) is 7.13. The predicted octanol–water partition coefficient (Wildman–Crippen LogP) is 2.84. The van der Waals surface area contributed by atoms with Crippen molar-refractivity contribution in [2.24, 2.45) is 11.8 Å². The third-order valence-electron chi connectivity index (χ3n) is 5.11. The van der Waals surface area contributed by atoms with Gasteiger partial charge in [0.1, 0.15) is 11.5 Å². The number of allylic oxidation sites excluding steroid dienone is 2. The summed E-state index contributed by atoms with van der Waals surface area (Å²) >= 11 is 0. The molecule has 1 aliphatic carbocycles. The Kier molecular flexibility index (Phi) is 8.15. The molecule has 0 amide bonds. The first kappa shape index (κ1) is 23.6. The Labute approximate surface area is 175 Å². The van der Waals surface area contributed by atoms with Crippen LogP contribution in [-0.2, 0) is 14.3 Å². The molecule has 0 radical (unpaired) electrons. The van der Waals surface area contributed by atoms with E-state index in [4.69, 9.17) is 9.47 Å². The zero-order valence-corrected chi connectivity index (χ0v) is 17.2. The van der Waals surface area contributed by atoms with E-state index in [0.717, 1.165) is 26.0 Å². The number of ether oxygens (including phenoxy) is 2. The number of methoxy groups -OCH3 is 1. The fraction of sp³-hybridized carbons (Fsp3) is 0.435. The summed E-state index contributed by atoms with van der Waals surface area (Å²) in [4.78, 5) is 24.0. The minimum atomic E-state index is -3.04. The minimum Gasteiger partial charge on any atom is -0.476 e. The van der Waals surface area contributed by atoms with Gasteiger partial charge in [0.2, 0.25) is 0 Å². The van der Waals surface area contributed by atoms with Gasteiger partial charge in [-0.25, -0.2) is 4.79 Å². The van der Waals surface area contributed by atoms with E-state index in [2.05, 4.69) is 5.73 Å². The smallest absolute Gasteiger partial charge is 0.383 e. The molecule has 0 saturated heterocycles. The lowest BCUT2D eigenvalue weighted by molar-refractivity contribution is -0.318. The van der Waals surface area contributed by atoms with Gasteiger partial charge < -0.3 is 24.8 Å². The number of carboxylic acid groups (broad SMARTS) is 1. The molecule has 0 heterocycles. The number of ketones is 1. The first-order chi connectivity index (χ1) is 14.3. The van der Waals surface area contributed by atoms with Gasteiger partial charge in [-0.1, -0.05) is 37.3 Å². The largest absolute Gasteiger partial charge is 0.476 e. The Balaban J connectivity index is 2.22. The molecule has 1 saturated carbocycles. The highest BCUT2D eigenvalue weighted by atomic mass is 16.7. The van der Waals surface area contributed by atoms with Crippen LogP contribution in [0.15, 0.2) is 60.4 Å². The van der Waals surface area contributed by atoms with Crippen LogP contribution in [-0.4, -0.2) is 45.8 Å². The van der Waals surface area contributed by atoms with Gasteiger partial charge in [0, 0.05) is 25.5 Å². The van der Waals surface area contributed by atoms with Gasteiger partial charge in [0.05, 0.1) is 0 Å². The van der Waals surface area contributed by atoms with Crippen LogP contribution < -0.4 is 4.74 Å². The van der Waals surface area contributed by atoms with Crippen molar-refractivity contribution < 1.29 is 34.4 Å². The van der Waals surface area contributed by atoms with Crippen LogP contribution >= 0.6 is 0 Å². The summed E-state index contributed by atoms with van der Waals surface area (Å²) in [5, 5.41) is 30.6. The van der Waals surface area contributed by atoms with Crippen molar-refractivity contribution in [1.29, 1.82) is 0 Å². The van der Waals surface area contributed by atoms with Crippen molar-refractivity contribution >= 4 is 11.8 Å². The topological polar surface area (TPSA) is 113 Å². The zero-order valence-electron chi connectivity index (χ0n) is 17.2. The molecular formula is C23H28O7. The Hall–Kier alpha value is -2.70. The molecule has 7 nitrogen and oxygen atoms in total. The molecule has 0 aromatic heterocycles. The number of carbonyl (C=O) groups is 2. The van der Waals surface area contributed by atoms with E-state index < -0.39 is 17.5 Å². The first-order valence-corrected chi connectivity index (χ1v) is 9.86. The number of aliphatic hydroxyl groups is 2. The summed E-state index contributed by atoms with van der Waals surface area (Å²) in [7, 11) is 0.998. The molecule has 0 spiro atoms. The first-order valence-electron chi connectivity index (χ1n) is 9.86. The van der Waals surface area contributed by atoms with Gasteiger partial charge in [-0.3, -0.25) is 4.79 Å². The number of aliphatic carboxylic acids is 1. The number of benzene rings is 1. The van der Waals surface area contributed by atoms with Gasteiger partial charge in [0.15, 0.2) is 0 Å². The van der Waals surface area contributed by atoms with Crippen LogP contribution in [0.25, 0.3) is 0 Å². The zero-order chi connectivity index (χ0) is 22.2. The fourth-order valence-corrected chi connectivity index (χ4v) is 3.46. The van der Waals surface area contributed by atoms with E-state index in [1.54, 1.807) is 18.2 Å². The van der Waals surface area contributed by atoms with Crippen molar-refractivity contribution in [2.45, 2.75) is 44.2 Å². The summed E-state index contributed by atoms with van der Waals surface area (Å²) in [6.07, 6.45) is 8.88. The summed E-state index contributed by atoms with van der Waals surface area (Å²) in [5.74, 6) is -7.41. The van der Waals surface area contributed by atoms with Gasteiger partial charge in [0.25, 0.3) is 5.79 Å². The Morgan fingerprint density at radius 1 is 1.30 bits per heavy atom. The molecule has 2 rings (SSSR count). The third kappa shape index (κ3) is 5.26. The van der Waals surface area contributed by atoms with Crippen LogP contribution in [0.4, 0.5) is 0 Å². The monoisotopic (exact) mass is 416 g/mol. The molecule has 1 unspecified atom stereocenters. The van der Waals surface area contributed by atoms with Crippen molar-refractivity contribution in [3.05, 3.63) is 60.4 Å². The molecule has 162 valence electrons. The lowest BCUT2D eigenvalue weighted by Crippen LogP contribution is -2.63. The standard InChI is InChI=1S/C23H28O7/c1-3-4-10-17-14-15-20(24)19(17)13-8-9-16-22(27,28)23(29-2,21(25)26)30-18-11-6-5-7-12-18/h4-8,10-12,16-17,19,27-28H,3,13-15H2,1-2H3,(H,25,26)/b10-4+/t9?,17-,19+,23?/m0/s1/i27+0,28+0. The number of carbonyl (C=O) groups excluding carboxylic acids is 1. The Bertz CT molecular complexity index is 821. The van der Waals surface area contributed by atoms with E-state index in [0.29, 0.717) is 12.8 Å². The highest BCUT2D eigenvalue weighted by Gasteiger charge is 2.59. The number of rotatable bonds is 10. The molecule has 0 bridgehead atoms. The number of para-hydroxylation sites is 1. The van der Waals surface area contributed by atoms with Crippen LogP contribution in [0, 0.1) is 11.8 Å². The molecule has 7 heteroatoms. The van der Waals surface area contributed by atoms with E-state index in [-0.39, 0.29) is 23.4 Å². The van der Waals surface area contributed by atoms with Gasteiger partial charge in [-0.05, 0) is 43.4 Å². The highest BCUT2D eigenvalue weighted by molar-refractivity contribution is 5.83. The van der Waals surface area contributed by atoms with Crippen molar-refractivity contribution in [3.63, 3.8) is 0 Å². The molecule has 1 aromatic rings. The van der Waals surface area contributed by atoms with Gasteiger partial charge >= 0.3 is 11.8 Å². The summed E-state index contributed by atoms with van der Waals surface area (Å²) in [6.45, 7) is 2.02. The molecule has 3 atom stereocenters. The van der Waals surface area contributed by atoms with Crippen LogP contribution in [0.1, 0.15) is 32.6 Å². The van der Waals surface area contributed by atoms with Gasteiger partial charge in [-0.2, -0.15) is 0 Å². The lowest BCUT2D eigenvalue weighted by atomic mass is 9.91. The van der Waals surface area contributed by atoms with Crippen LogP contribution in [0.3, 0.4) is 0 Å². The normalized spacial score (nSPS) is 21.1. The number of hydrogen-bond acceptors (Lipinski definition) is 6. The third-order valence-corrected chi connectivity index (χ3v) is 5.11. The van der Waals surface area contributed by atoms with Crippen LogP contribution in [0.2, 0.25) is 0 Å². The second-order valence-electron chi connectivity index (χ2n) is 7.13. The quantitative estimate of drug-likeness (QED) is 0.305. The maximum Gasteiger partial charge on any atom is 0.383 e. The number of hydrogen-bond donors (Lipinski definition) is 3. The second kappa shape index (κ2) is 10.4. The van der Waals surface area contributed by atoms with E-state index >= 15 is 0 Å². The fourth-order valence-electron chi connectivity index (χ4n) is 3.46. The molecule has 1 aromatic carbocycles. The SMILES string of the molecule is CC/C=C/[C@H]1CCC(=O)[C@@H]1CC=C=CC([16OH])([16OH])C(OC)(Oc1ccccc1)C(=O)O. The average molecular weight is 416 g/mol. The molecule has 1 fully saturated rings. The summed E-state index contributed by atoms with van der Waals surface area (Å²) in [6, 6.07) is 7.82. The lowest BCUT2D eigenvalue weighted by Gasteiger charge is -2.36. The minimum absolute atomic E-state index is 0.0775. The van der Waals surface area contributed by atoms with Crippen LogP contribution in [0.5, 0.6) is 5.75 Å². The van der Waals surface area contributed by atoms with Gasteiger partial charge in [-0.15, -0.1) is 5.73 Å². The average Bonchev–Trinajstić information content (AvgIpc) is 3.07. The van der Waals surface area contributed by atoms with Crippen molar-refractivity contribution in [2.75, 3.05) is 7.11 Å². The molecule has 0 aliphatic heterocycles. The molecule has 1 aliphatic rings. The van der Waals surface area contributed by atoms with E-state index in [9.17, 15) is 24.9 Å². The number of Topliss-reactive ketones (excluding diaryl/α,β-unsaturated/α-hetero) is 1. The van der Waals surface area contributed by atoms with E-state index in [1.165, 1.54) is 18.2 Å². The maximum atomic E-state index is 12.1. The maximum absolute atomic E-state index is 12.1. The summed E-state index contributed by atoms with van der Waals surface area (Å²) < 4.78 is 10.2. The molecular weight excluding hydrogens is 388 g/mol. The van der Waals surface area contributed by atoms with E-state index in [1.807, 2.05) is 19.1 Å².